The molecule has 0 fully saturated rings. The fourth-order valence-electron chi connectivity index (χ4n) is 0. The zero-order valence-electron chi connectivity index (χ0n) is 2.13. The van der Waals surface area contributed by atoms with E-state index >= 15 is 0 Å². The fraction of sp³-hybridized carbons (Fsp3) is 0. The van der Waals surface area contributed by atoms with E-state index in [1.54, 1.807) is 0 Å². The van der Waals surface area contributed by atoms with Crippen molar-refractivity contribution in [2.24, 2.45) is 0 Å². The first-order valence-corrected chi connectivity index (χ1v) is 0.817. The summed E-state index contributed by atoms with van der Waals surface area (Å²) >= 11 is 0. The van der Waals surface area contributed by atoms with Crippen molar-refractivity contribution in [3.63, 3.8) is 0 Å². The molecule has 0 aromatic heterocycles. The SMILES string of the molecule is [BH3-]C(F)=C(F)F. The largest absolute Gasteiger partial charge is 0.260 e. The third-order valence-electron chi connectivity index (χ3n) is 0.0714. The maximum atomic E-state index is 11.1. The topological polar surface area (TPSA) is 0 Å². The summed E-state index contributed by atoms with van der Waals surface area (Å²) < 4.78 is 32.5. The lowest BCUT2D eigenvalue weighted by atomic mass is 10.1. The van der Waals surface area contributed by atoms with Crippen LogP contribution in [0.4, 0.5) is 13.2 Å². The van der Waals surface area contributed by atoms with Crippen molar-refractivity contribution in [1.82, 2.24) is 0 Å². The molecular formula is C2H3BF3-. The molecule has 4 heteroatoms. The van der Waals surface area contributed by atoms with Crippen molar-refractivity contribution < 1.29 is 13.2 Å². The van der Waals surface area contributed by atoms with E-state index in [-0.39, 0.29) is 0 Å². The Labute approximate surface area is 34.1 Å². The normalized spacial score (nSPS) is 8.00. The van der Waals surface area contributed by atoms with Crippen molar-refractivity contribution in [3.05, 3.63) is 11.8 Å². The second-order valence-electron chi connectivity index (χ2n) is 0.355. The molecule has 0 heterocycles. The third-order valence-corrected chi connectivity index (χ3v) is 0.0714. The first kappa shape index (κ1) is 5.59. The molecule has 0 nitrogen and oxygen atoms in total. The number of halogens is 3. The Morgan fingerprint density at radius 2 is 1.33 bits per heavy atom. The van der Waals surface area contributed by atoms with Gasteiger partial charge in [0.15, 0.2) is 0 Å². The highest BCUT2D eigenvalue weighted by Gasteiger charge is 1.85. The summed E-state index contributed by atoms with van der Waals surface area (Å²) in [4.78, 5) is 0. The number of hydrogen-bond acceptors (Lipinski definition) is 0. The van der Waals surface area contributed by atoms with E-state index in [0.717, 1.165) is 0 Å². The first-order chi connectivity index (χ1) is 2.64. The van der Waals surface area contributed by atoms with E-state index in [9.17, 15) is 13.2 Å². The molecule has 0 aromatic carbocycles. The molecule has 0 radical (unpaired) electrons. The smallest absolute Gasteiger partial charge is 0.254 e. The quantitative estimate of drug-likeness (QED) is 0.381. The Hall–Kier alpha value is -0.405. The van der Waals surface area contributed by atoms with Gasteiger partial charge in [-0.1, -0.05) is 0 Å². The van der Waals surface area contributed by atoms with Crippen molar-refractivity contribution in [1.29, 1.82) is 0 Å². The molecule has 0 unspecified atom stereocenters. The van der Waals surface area contributed by atoms with Crippen molar-refractivity contribution in [3.8, 4) is 0 Å². The van der Waals surface area contributed by atoms with Gasteiger partial charge in [0.05, 0.1) is 0 Å². The van der Waals surface area contributed by atoms with Crippen LogP contribution in [0.15, 0.2) is 11.8 Å². The molecule has 36 valence electrons. The highest BCUT2D eigenvalue weighted by atomic mass is 19.3. The van der Waals surface area contributed by atoms with Gasteiger partial charge in [-0.3, -0.25) is 4.39 Å². The summed E-state index contributed by atoms with van der Waals surface area (Å²) in [6.45, 7) is 0. The van der Waals surface area contributed by atoms with Gasteiger partial charge in [-0.05, 0) is 5.73 Å². The van der Waals surface area contributed by atoms with Crippen LogP contribution in [0.3, 0.4) is 0 Å². The Kier molecular flexibility index (Phi) is 1.77. The summed E-state index contributed by atoms with van der Waals surface area (Å²) in [6.07, 6.45) is -2.13. The maximum absolute atomic E-state index is 11.1. The summed E-state index contributed by atoms with van der Waals surface area (Å²) in [5.74, 6) is 0. The molecule has 0 spiro atoms. The van der Waals surface area contributed by atoms with Crippen molar-refractivity contribution in [2.75, 3.05) is 0 Å². The Balaban J connectivity index is 3.68. The first-order valence-electron chi connectivity index (χ1n) is 0.817. The van der Waals surface area contributed by atoms with Crippen LogP contribution >= 0.6 is 0 Å². The summed E-state index contributed by atoms with van der Waals surface area (Å²) in [5, 5.41) is 0. The highest BCUT2D eigenvalue weighted by Crippen LogP contribution is 2.02. The molecular weight excluding hydrogens is 91.8 g/mol. The molecule has 0 bridgehead atoms. The average molecular weight is 94.9 g/mol. The number of rotatable bonds is 0. The average Bonchev–Trinajstić information content (AvgIpc) is 1.36. The van der Waals surface area contributed by atoms with Gasteiger partial charge in [-0.2, -0.15) is 8.78 Å². The summed E-state index contributed by atoms with van der Waals surface area (Å²) in [6, 6.07) is 0. The van der Waals surface area contributed by atoms with Crippen LogP contribution in [0, 0.1) is 0 Å². The standard InChI is InChI=1S/C2H3BF3/c3-1(4)2(5)6/h3H3/q-1. The lowest BCUT2D eigenvalue weighted by Crippen LogP contribution is -1.67. The van der Waals surface area contributed by atoms with E-state index in [0.29, 0.717) is 0 Å². The molecule has 0 aliphatic heterocycles. The predicted octanol–water partition coefficient (Wildman–Crippen LogP) is 0.387. The minimum Gasteiger partial charge on any atom is -0.254 e. The molecule has 0 aromatic rings. The van der Waals surface area contributed by atoms with Gasteiger partial charge >= 0.3 is 0 Å². The van der Waals surface area contributed by atoms with Gasteiger partial charge in [0.2, 0.25) is 0 Å². The maximum Gasteiger partial charge on any atom is 0.260 e. The Morgan fingerprint density at radius 1 is 1.17 bits per heavy atom. The lowest BCUT2D eigenvalue weighted by Gasteiger charge is -1.80. The van der Waals surface area contributed by atoms with Crippen LogP contribution in [0.5, 0.6) is 0 Å². The minimum absolute atomic E-state index is 0.894. The van der Waals surface area contributed by atoms with Crippen LogP contribution < -0.4 is 0 Å². The molecule has 6 heavy (non-hydrogen) atoms. The van der Waals surface area contributed by atoms with Crippen LogP contribution in [0.2, 0.25) is 0 Å². The van der Waals surface area contributed by atoms with Crippen molar-refractivity contribution in [2.45, 2.75) is 0 Å². The van der Waals surface area contributed by atoms with Crippen LogP contribution in [0.25, 0.3) is 0 Å². The minimum atomic E-state index is -2.13. The highest BCUT2D eigenvalue weighted by molar-refractivity contribution is 6.20. The summed E-state index contributed by atoms with van der Waals surface area (Å²) in [7, 11) is -0.894. The van der Waals surface area contributed by atoms with Gasteiger partial charge < -0.3 is 0 Å². The van der Waals surface area contributed by atoms with Gasteiger partial charge in [0, 0.05) is 7.85 Å². The zero-order chi connectivity index (χ0) is 5.15. The second-order valence-corrected chi connectivity index (χ2v) is 0.355. The van der Waals surface area contributed by atoms with E-state index < -0.39 is 19.7 Å². The molecule has 0 saturated heterocycles. The van der Waals surface area contributed by atoms with Crippen LogP contribution in [-0.4, -0.2) is 7.85 Å². The van der Waals surface area contributed by atoms with Gasteiger partial charge in [0.25, 0.3) is 6.08 Å². The van der Waals surface area contributed by atoms with E-state index in [1.807, 2.05) is 0 Å². The molecule has 0 aliphatic carbocycles. The van der Waals surface area contributed by atoms with E-state index in [2.05, 4.69) is 0 Å². The lowest BCUT2D eigenvalue weighted by molar-refractivity contribution is 0.393. The number of hydrogen-bond donors (Lipinski definition) is 0. The summed E-state index contributed by atoms with van der Waals surface area (Å²) in [5.41, 5.74) is -1.16. The van der Waals surface area contributed by atoms with E-state index in [4.69, 9.17) is 0 Å². The van der Waals surface area contributed by atoms with E-state index in [1.165, 1.54) is 0 Å². The van der Waals surface area contributed by atoms with Gasteiger partial charge in [-0.15, -0.1) is 0 Å². The van der Waals surface area contributed by atoms with Crippen LogP contribution in [0.1, 0.15) is 0 Å². The second kappa shape index (κ2) is 1.90. The van der Waals surface area contributed by atoms with Crippen LogP contribution in [-0.2, 0) is 0 Å². The molecule has 0 amide bonds. The third kappa shape index (κ3) is 1.87. The molecule has 0 atom stereocenters. The fourth-order valence-corrected chi connectivity index (χ4v) is 0. The van der Waals surface area contributed by atoms with Crippen molar-refractivity contribution >= 4 is 7.85 Å². The predicted molar refractivity (Wildman–Crippen MR) is 20.3 cm³/mol. The molecule has 0 saturated carbocycles. The van der Waals surface area contributed by atoms with Gasteiger partial charge in [-0.25, -0.2) is 0 Å². The Morgan fingerprint density at radius 3 is 1.33 bits per heavy atom. The molecule has 0 aliphatic rings. The monoisotopic (exact) mass is 95.0 g/mol. The molecule has 0 N–H and O–H groups in total. The molecule has 0 rings (SSSR count). The Bertz CT molecular complexity index is 58.9. The zero-order valence-corrected chi connectivity index (χ0v) is 2.13. The van der Waals surface area contributed by atoms with Gasteiger partial charge in [0.1, 0.15) is 0 Å².